The number of anilines is 1. The van der Waals surface area contributed by atoms with E-state index in [4.69, 9.17) is 0 Å². The summed E-state index contributed by atoms with van der Waals surface area (Å²) in [5.41, 5.74) is 4.55. The predicted molar refractivity (Wildman–Crippen MR) is 103 cm³/mol. The molecule has 0 unspecified atom stereocenters. The number of para-hydroxylation sites is 2. The van der Waals surface area contributed by atoms with E-state index in [1.54, 1.807) is 18.3 Å². The van der Waals surface area contributed by atoms with E-state index in [1.807, 2.05) is 41.3 Å². The average Bonchev–Trinajstić information content (AvgIpc) is 2.65. The first-order valence-electron chi connectivity index (χ1n) is 8.20. The molecule has 4 rings (SSSR count). The molecule has 0 saturated carbocycles. The lowest BCUT2D eigenvalue weighted by Gasteiger charge is -2.28. The second-order valence-electron chi connectivity index (χ2n) is 5.98. The molecule has 1 aliphatic rings. The highest BCUT2D eigenvalue weighted by atomic mass is 79.9. The van der Waals surface area contributed by atoms with Gasteiger partial charge in [-0.3, -0.25) is 9.78 Å². The summed E-state index contributed by atoms with van der Waals surface area (Å²) in [6, 6.07) is 13.8. The van der Waals surface area contributed by atoms with Crippen LogP contribution in [0.15, 0.2) is 59.2 Å². The van der Waals surface area contributed by atoms with Crippen molar-refractivity contribution in [2.75, 3.05) is 11.4 Å². The summed E-state index contributed by atoms with van der Waals surface area (Å²) in [6.45, 7) is 0.737. The second-order valence-corrected chi connectivity index (χ2v) is 6.90. The maximum atomic E-state index is 12.7. The molecular weight excluding hydrogens is 378 g/mol. The van der Waals surface area contributed by atoms with Gasteiger partial charge in [-0.25, -0.2) is 4.98 Å². The van der Waals surface area contributed by atoms with Gasteiger partial charge in [0.25, 0.3) is 5.91 Å². The normalized spacial score (nSPS) is 14.0. The molecular formula is C20H16BrN3O. The molecule has 0 fully saturated rings. The summed E-state index contributed by atoms with van der Waals surface area (Å²) in [5.74, 6) is -0.0294. The number of carbonyl (C=O) groups is 1. The van der Waals surface area contributed by atoms with Gasteiger partial charge in [-0.1, -0.05) is 28.1 Å². The molecule has 2 aromatic carbocycles. The Bertz CT molecular complexity index is 984. The lowest BCUT2D eigenvalue weighted by atomic mass is 10.0. The molecule has 0 radical (unpaired) electrons. The highest BCUT2D eigenvalue weighted by Crippen LogP contribution is 2.30. The van der Waals surface area contributed by atoms with Crippen LogP contribution in [0.4, 0.5) is 5.69 Å². The first-order chi connectivity index (χ1) is 12.2. The van der Waals surface area contributed by atoms with Crippen molar-refractivity contribution in [3.05, 3.63) is 70.5 Å². The molecule has 25 heavy (non-hydrogen) atoms. The van der Waals surface area contributed by atoms with Crippen LogP contribution in [-0.2, 0) is 11.2 Å². The number of carbonyl (C=O) groups excluding carboxylic acids is 1. The Hall–Kier alpha value is -2.53. The van der Waals surface area contributed by atoms with E-state index in [9.17, 15) is 4.79 Å². The van der Waals surface area contributed by atoms with Crippen LogP contribution in [0, 0.1) is 0 Å². The fourth-order valence-electron chi connectivity index (χ4n) is 3.09. The fourth-order valence-corrected chi connectivity index (χ4v) is 3.50. The van der Waals surface area contributed by atoms with Crippen molar-refractivity contribution in [2.24, 2.45) is 0 Å². The van der Waals surface area contributed by atoms with Crippen molar-refractivity contribution in [1.82, 2.24) is 9.97 Å². The third-order valence-electron chi connectivity index (χ3n) is 4.29. The number of aryl methyl sites for hydroxylation is 1. The van der Waals surface area contributed by atoms with Gasteiger partial charge in [0.1, 0.15) is 0 Å². The van der Waals surface area contributed by atoms with Crippen LogP contribution in [-0.4, -0.2) is 22.4 Å². The van der Waals surface area contributed by atoms with Gasteiger partial charge in [0, 0.05) is 22.8 Å². The van der Waals surface area contributed by atoms with E-state index in [0.29, 0.717) is 5.69 Å². The molecule has 4 nitrogen and oxygen atoms in total. The number of rotatable bonds is 2. The average molecular weight is 394 g/mol. The Morgan fingerprint density at radius 2 is 2.00 bits per heavy atom. The summed E-state index contributed by atoms with van der Waals surface area (Å²) in [4.78, 5) is 23.4. The van der Waals surface area contributed by atoms with E-state index in [1.165, 1.54) is 5.56 Å². The Labute approximate surface area is 154 Å². The molecule has 2 heterocycles. The minimum Gasteiger partial charge on any atom is -0.309 e. The van der Waals surface area contributed by atoms with E-state index in [-0.39, 0.29) is 5.91 Å². The van der Waals surface area contributed by atoms with Crippen LogP contribution >= 0.6 is 15.9 Å². The zero-order valence-electron chi connectivity index (χ0n) is 13.5. The van der Waals surface area contributed by atoms with E-state index < -0.39 is 0 Å². The predicted octanol–water partition coefficient (Wildman–Crippen LogP) is 4.38. The first kappa shape index (κ1) is 16.0. The molecule has 1 aliphatic heterocycles. The molecule has 124 valence electrons. The number of halogens is 1. The van der Waals surface area contributed by atoms with Crippen molar-refractivity contribution in [1.29, 1.82) is 0 Å². The molecule has 0 spiro atoms. The smallest absolute Gasteiger partial charge is 0.251 e. The molecule has 0 atom stereocenters. The molecule has 0 aliphatic carbocycles. The van der Waals surface area contributed by atoms with Gasteiger partial charge < -0.3 is 4.90 Å². The van der Waals surface area contributed by atoms with Crippen molar-refractivity contribution in [3.63, 3.8) is 0 Å². The van der Waals surface area contributed by atoms with Gasteiger partial charge in [-0.15, -0.1) is 0 Å². The van der Waals surface area contributed by atoms with Gasteiger partial charge in [0.2, 0.25) is 0 Å². The van der Waals surface area contributed by atoms with Crippen LogP contribution < -0.4 is 4.90 Å². The summed E-state index contributed by atoms with van der Waals surface area (Å²) in [6.07, 6.45) is 6.97. The Morgan fingerprint density at radius 3 is 2.88 bits per heavy atom. The molecule has 3 aromatic rings. The number of benzene rings is 2. The fraction of sp³-hybridized carbons (Fsp3) is 0.150. The molecule has 0 saturated heterocycles. The van der Waals surface area contributed by atoms with E-state index in [2.05, 4.69) is 32.0 Å². The second kappa shape index (κ2) is 6.76. The highest BCUT2D eigenvalue weighted by molar-refractivity contribution is 9.10. The van der Waals surface area contributed by atoms with Crippen molar-refractivity contribution < 1.29 is 4.79 Å². The van der Waals surface area contributed by atoms with Gasteiger partial charge >= 0.3 is 0 Å². The summed E-state index contributed by atoms with van der Waals surface area (Å²) >= 11 is 3.50. The summed E-state index contributed by atoms with van der Waals surface area (Å²) < 4.78 is 1.04. The van der Waals surface area contributed by atoms with Crippen LogP contribution in [0.25, 0.3) is 17.1 Å². The lowest BCUT2D eigenvalue weighted by molar-refractivity contribution is -0.114. The number of amides is 1. The number of hydrogen-bond acceptors (Lipinski definition) is 3. The van der Waals surface area contributed by atoms with Crippen molar-refractivity contribution >= 4 is 44.6 Å². The third kappa shape index (κ3) is 3.33. The van der Waals surface area contributed by atoms with Crippen molar-refractivity contribution in [3.8, 4) is 0 Å². The maximum absolute atomic E-state index is 12.7. The minimum atomic E-state index is -0.0294. The highest BCUT2D eigenvalue weighted by Gasteiger charge is 2.20. The van der Waals surface area contributed by atoms with Crippen LogP contribution in [0.1, 0.15) is 17.7 Å². The summed E-state index contributed by atoms with van der Waals surface area (Å²) in [5, 5.41) is 0. The number of aromatic nitrogens is 2. The molecule has 5 heteroatoms. The maximum Gasteiger partial charge on any atom is 0.251 e. The van der Waals surface area contributed by atoms with Crippen LogP contribution in [0.5, 0.6) is 0 Å². The standard InChI is InChI=1S/C20H16BrN3O/c21-15-7-9-19-14(12-15)4-3-11-24(19)20(25)10-8-16-13-22-17-5-1-2-6-18(17)23-16/h1-2,5-10,12-13H,3-4,11H2/b10-8+. The van der Waals surface area contributed by atoms with E-state index in [0.717, 1.165) is 40.6 Å². The lowest BCUT2D eigenvalue weighted by Crippen LogP contribution is -2.34. The zero-order chi connectivity index (χ0) is 17.2. The molecule has 1 aromatic heterocycles. The number of hydrogen-bond donors (Lipinski definition) is 0. The Balaban J connectivity index is 1.58. The van der Waals surface area contributed by atoms with Gasteiger partial charge in [0.05, 0.1) is 22.9 Å². The Morgan fingerprint density at radius 1 is 1.16 bits per heavy atom. The van der Waals surface area contributed by atoms with Crippen molar-refractivity contribution in [2.45, 2.75) is 12.8 Å². The monoisotopic (exact) mass is 393 g/mol. The first-order valence-corrected chi connectivity index (χ1v) is 9.00. The van der Waals surface area contributed by atoms with Crippen LogP contribution in [0.2, 0.25) is 0 Å². The topological polar surface area (TPSA) is 46.1 Å². The number of fused-ring (bicyclic) bond motifs is 2. The SMILES string of the molecule is O=C(/C=C/c1cnc2ccccc2n1)N1CCCc2cc(Br)ccc21. The Kier molecular flexibility index (Phi) is 4.32. The zero-order valence-corrected chi connectivity index (χ0v) is 15.1. The quantitative estimate of drug-likeness (QED) is 0.606. The third-order valence-corrected chi connectivity index (χ3v) is 4.78. The molecule has 0 N–H and O–H groups in total. The molecule has 0 bridgehead atoms. The summed E-state index contributed by atoms with van der Waals surface area (Å²) in [7, 11) is 0. The molecule has 1 amide bonds. The van der Waals surface area contributed by atoms with Crippen LogP contribution in [0.3, 0.4) is 0 Å². The van der Waals surface area contributed by atoms with Gasteiger partial charge in [-0.2, -0.15) is 0 Å². The number of nitrogens with zero attached hydrogens (tertiary/aromatic N) is 3. The minimum absolute atomic E-state index is 0.0294. The van der Waals surface area contributed by atoms with Gasteiger partial charge in [0.15, 0.2) is 0 Å². The van der Waals surface area contributed by atoms with Gasteiger partial charge in [-0.05, 0) is 54.8 Å². The van der Waals surface area contributed by atoms with E-state index >= 15 is 0 Å². The largest absolute Gasteiger partial charge is 0.309 e.